The number of benzene rings is 1. The lowest BCUT2D eigenvalue weighted by Gasteiger charge is -2.06. The predicted octanol–water partition coefficient (Wildman–Crippen LogP) is 3.11. The Kier molecular flexibility index (Phi) is 4.56. The summed E-state index contributed by atoms with van der Waals surface area (Å²) in [5, 5.41) is 27.4. The predicted molar refractivity (Wildman–Crippen MR) is 86.4 cm³/mol. The molecule has 0 amide bonds. The molecular weight excluding hydrogens is 332 g/mol. The van der Waals surface area contributed by atoms with Crippen LogP contribution in [-0.2, 0) is 6.54 Å². The van der Waals surface area contributed by atoms with Crippen molar-refractivity contribution in [2.75, 3.05) is 0 Å². The fourth-order valence-corrected chi connectivity index (χ4v) is 2.92. The zero-order valence-electron chi connectivity index (χ0n) is 13.0. The van der Waals surface area contributed by atoms with Gasteiger partial charge in [0.1, 0.15) is 6.33 Å². The molecule has 10 heteroatoms. The van der Waals surface area contributed by atoms with Crippen molar-refractivity contribution in [1.29, 1.82) is 0 Å². The van der Waals surface area contributed by atoms with E-state index in [0.717, 1.165) is 11.7 Å². The molecule has 0 N–H and O–H groups in total. The number of hydrogen-bond acceptors (Lipinski definition) is 8. The number of non-ortho nitro benzene ring substituents is 1. The van der Waals surface area contributed by atoms with Crippen molar-refractivity contribution in [3.63, 3.8) is 0 Å². The van der Waals surface area contributed by atoms with Crippen LogP contribution in [0.2, 0.25) is 0 Å². The van der Waals surface area contributed by atoms with Gasteiger partial charge in [0.05, 0.1) is 10.2 Å². The highest BCUT2D eigenvalue weighted by molar-refractivity contribution is 7.99. The molecule has 0 fully saturated rings. The normalized spacial score (nSPS) is 12.2. The van der Waals surface area contributed by atoms with Gasteiger partial charge in [0.15, 0.2) is 5.16 Å². The highest BCUT2D eigenvalue weighted by atomic mass is 32.2. The van der Waals surface area contributed by atoms with E-state index in [1.807, 2.05) is 18.4 Å². The summed E-state index contributed by atoms with van der Waals surface area (Å²) in [5.74, 6) is 0.781. The fourth-order valence-electron chi connectivity index (χ4n) is 2.00. The van der Waals surface area contributed by atoms with Gasteiger partial charge in [0.2, 0.25) is 11.8 Å². The van der Waals surface area contributed by atoms with Crippen LogP contribution in [0.15, 0.2) is 40.2 Å². The van der Waals surface area contributed by atoms with E-state index in [1.165, 1.54) is 23.9 Å². The summed E-state index contributed by atoms with van der Waals surface area (Å²) in [6.45, 7) is 4.73. The van der Waals surface area contributed by atoms with E-state index in [4.69, 9.17) is 4.42 Å². The number of nitrogens with zero attached hydrogens (tertiary/aromatic N) is 6. The molecule has 3 rings (SSSR count). The number of aromatic nitrogens is 5. The minimum atomic E-state index is -0.453. The molecule has 0 aliphatic heterocycles. The maximum absolute atomic E-state index is 10.7. The van der Waals surface area contributed by atoms with Gasteiger partial charge in [0, 0.05) is 24.2 Å². The van der Waals surface area contributed by atoms with Gasteiger partial charge < -0.3 is 8.98 Å². The van der Waals surface area contributed by atoms with E-state index in [0.29, 0.717) is 17.3 Å². The first-order valence-corrected chi connectivity index (χ1v) is 8.09. The van der Waals surface area contributed by atoms with Crippen LogP contribution >= 0.6 is 11.8 Å². The van der Waals surface area contributed by atoms with E-state index in [9.17, 15) is 10.1 Å². The Morgan fingerprint density at radius 2 is 2.04 bits per heavy atom. The summed E-state index contributed by atoms with van der Waals surface area (Å²) < 4.78 is 7.61. The lowest BCUT2D eigenvalue weighted by Crippen LogP contribution is -1.97. The van der Waals surface area contributed by atoms with Crippen molar-refractivity contribution >= 4 is 17.4 Å². The zero-order valence-corrected chi connectivity index (χ0v) is 13.8. The Morgan fingerprint density at radius 3 is 2.71 bits per heavy atom. The molecule has 3 aromatic rings. The molecule has 0 unspecified atom stereocenters. The summed E-state index contributed by atoms with van der Waals surface area (Å²) in [6, 6.07) is 5.98. The van der Waals surface area contributed by atoms with E-state index >= 15 is 0 Å². The van der Waals surface area contributed by atoms with Gasteiger partial charge in [-0.05, 0) is 26.0 Å². The molecule has 124 valence electrons. The van der Waals surface area contributed by atoms with E-state index in [1.54, 1.807) is 18.5 Å². The molecule has 0 aliphatic rings. The lowest BCUT2D eigenvalue weighted by atomic mass is 10.2. The van der Waals surface area contributed by atoms with Gasteiger partial charge in [-0.3, -0.25) is 10.1 Å². The highest BCUT2D eigenvalue weighted by Gasteiger charge is 2.19. The largest absolute Gasteiger partial charge is 0.419 e. The van der Waals surface area contributed by atoms with Gasteiger partial charge in [-0.1, -0.05) is 11.8 Å². The van der Waals surface area contributed by atoms with Crippen LogP contribution in [0.1, 0.15) is 25.0 Å². The standard InChI is InChI=1S/C14H14N6O3S/c1-3-19-8-15-18-14(19)24-9(2)12-16-17-13(23-12)10-4-6-11(7-5-10)20(21)22/h4-9H,3H2,1-2H3/t9-/m0/s1. The van der Waals surface area contributed by atoms with Crippen LogP contribution < -0.4 is 0 Å². The van der Waals surface area contributed by atoms with Crippen molar-refractivity contribution < 1.29 is 9.34 Å². The summed E-state index contributed by atoms with van der Waals surface area (Å²) in [4.78, 5) is 10.2. The van der Waals surface area contributed by atoms with Gasteiger partial charge in [-0.25, -0.2) is 0 Å². The van der Waals surface area contributed by atoms with Crippen molar-refractivity contribution in [2.24, 2.45) is 0 Å². The third-order valence-electron chi connectivity index (χ3n) is 3.32. The maximum Gasteiger partial charge on any atom is 0.269 e. The summed E-state index contributed by atoms with van der Waals surface area (Å²) >= 11 is 1.47. The van der Waals surface area contributed by atoms with Gasteiger partial charge >= 0.3 is 0 Å². The Morgan fingerprint density at radius 1 is 1.29 bits per heavy atom. The van der Waals surface area contributed by atoms with Gasteiger partial charge in [-0.15, -0.1) is 20.4 Å². The van der Waals surface area contributed by atoms with Crippen LogP contribution in [0, 0.1) is 10.1 Å². The van der Waals surface area contributed by atoms with Crippen LogP contribution in [0.5, 0.6) is 0 Å². The molecule has 2 heterocycles. The number of hydrogen-bond donors (Lipinski definition) is 0. The lowest BCUT2D eigenvalue weighted by molar-refractivity contribution is -0.384. The molecule has 0 radical (unpaired) electrons. The summed E-state index contributed by atoms with van der Waals surface area (Å²) in [5.41, 5.74) is 0.648. The first-order chi connectivity index (χ1) is 11.6. The Hall–Kier alpha value is -2.75. The first-order valence-electron chi connectivity index (χ1n) is 7.21. The monoisotopic (exact) mass is 346 g/mol. The average molecular weight is 346 g/mol. The van der Waals surface area contributed by atoms with Crippen LogP contribution in [0.4, 0.5) is 5.69 Å². The molecule has 0 spiro atoms. The van der Waals surface area contributed by atoms with Crippen molar-refractivity contribution in [1.82, 2.24) is 25.0 Å². The Bertz CT molecular complexity index is 844. The molecule has 0 aliphatic carbocycles. The molecule has 0 saturated heterocycles. The van der Waals surface area contributed by atoms with Crippen molar-refractivity contribution in [2.45, 2.75) is 30.8 Å². The molecule has 24 heavy (non-hydrogen) atoms. The van der Waals surface area contributed by atoms with E-state index in [2.05, 4.69) is 20.4 Å². The third kappa shape index (κ3) is 3.27. The first kappa shape index (κ1) is 16.1. The molecule has 1 atom stereocenters. The molecular formula is C14H14N6O3S. The minimum absolute atomic E-state index is 0.0151. The third-order valence-corrected chi connectivity index (χ3v) is 4.40. The fraction of sp³-hybridized carbons (Fsp3) is 0.286. The number of nitro benzene ring substituents is 1. The molecule has 9 nitrogen and oxygen atoms in total. The van der Waals surface area contributed by atoms with Crippen LogP contribution in [-0.4, -0.2) is 29.9 Å². The summed E-state index contributed by atoms with van der Waals surface area (Å²) in [7, 11) is 0. The summed E-state index contributed by atoms with van der Waals surface area (Å²) in [6.07, 6.45) is 1.67. The quantitative estimate of drug-likeness (QED) is 0.380. The highest BCUT2D eigenvalue weighted by Crippen LogP contribution is 2.34. The molecule has 2 aromatic heterocycles. The smallest absolute Gasteiger partial charge is 0.269 e. The SMILES string of the molecule is CCn1cnnc1S[C@@H](C)c1nnc(-c2ccc([N+](=O)[O-])cc2)o1. The topological polar surface area (TPSA) is 113 Å². The van der Waals surface area contributed by atoms with E-state index in [-0.39, 0.29) is 10.9 Å². The number of rotatable bonds is 6. The second-order valence-electron chi connectivity index (χ2n) is 4.91. The zero-order chi connectivity index (χ0) is 17.1. The average Bonchev–Trinajstić information content (AvgIpc) is 3.24. The van der Waals surface area contributed by atoms with Crippen molar-refractivity contribution in [3.05, 3.63) is 46.6 Å². The molecule has 0 bridgehead atoms. The maximum atomic E-state index is 10.7. The molecule has 1 aromatic carbocycles. The minimum Gasteiger partial charge on any atom is -0.419 e. The Balaban J connectivity index is 1.76. The van der Waals surface area contributed by atoms with Crippen LogP contribution in [0.25, 0.3) is 11.5 Å². The second-order valence-corrected chi connectivity index (χ2v) is 6.22. The van der Waals surface area contributed by atoms with Crippen LogP contribution in [0.3, 0.4) is 0 Å². The van der Waals surface area contributed by atoms with Gasteiger partial charge in [0.25, 0.3) is 5.69 Å². The second kappa shape index (κ2) is 6.79. The van der Waals surface area contributed by atoms with E-state index < -0.39 is 4.92 Å². The number of nitro groups is 1. The Labute approximate surface area is 141 Å². The van der Waals surface area contributed by atoms with Gasteiger partial charge in [-0.2, -0.15) is 0 Å². The molecule has 0 saturated carbocycles. The number of aryl methyl sites for hydroxylation is 1. The van der Waals surface area contributed by atoms with Crippen molar-refractivity contribution in [3.8, 4) is 11.5 Å². The number of thioether (sulfide) groups is 1.